The Morgan fingerprint density at radius 3 is 2.65 bits per heavy atom. The van der Waals surface area contributed by atoms with Crippen molar-refractivity contribution in [3.05, 3.63) is 59.4 Å². The number of urea groups is 1. The normalized spacial score (nSPS) is 9.65. The number of rotatable bonds is 2. The van der Waals surface area contributed by atoms with Gasteiger partial charge < -0.3 is 10.6 Å². The van der Waals surface area contributed by atoms with Crippen LogP contribution in [-0.4, -0.2) is 6.03 Å². The van der Waals surface area contributed by atoms with Crippen LogP contribution in [0.4, 0.5) is 20.6 Å². The molecule has 0 radical (unpaired) electrons. The highest BCUT2D eigenvalue weighted by Crippen LogP contribution is 2.18. The van der Waals surface area contributed by atoms with Gasteiger partial charge in [-0.2, -0.15) is 5.26 Å². The van der Waals surface area contributed by atoms with E-state index in [-0.39, 0.29) is 0 Å². The molecule has 0 fully saturated rings. The van der Waals surface area contributed by atoms with Gasteiger partial charge in [-0.1, -0.05) is 18.2 Å². The van der Waals surface area contributed by atoms with Gasteiger partial charge in [0, 0.05) is 5.69 Å². The minimum absolute atomic E-state index is 0.341. The maximum Gasteiger partial charge on any atom is 0.323 e. The standard InChI is InChI=1S/C15H12FN3O/c1-10-4-2-7-14(13(10)9-17)19-15(20)18-12-6-3-5-11(16)8-12/h2-8H,1H3,(H2,18,19,20). The van der Waals surface area contributed by atoms with Crippen LogP contribution in [0.25, 0.3) is 0 Å². The maximum atomic E-state index is 13.0. The Bertz CT molecular complexity index is 692. The lowest BCUT2D eigenvalue weighted by Gasteiger charge is -2.10. The maximum absolute atomic E-state index is 13.0. The fourth-order valence-corrected chi connectivity index (χ4v) is 1.77. The number of nitrogens with zero attached hydrogens (tertiary/aromatic N) is 1. The van der Waals surface area contributed by atoms with Crippen molar-refractivity contribution in [2.45, 2.75) is 6.92 Å². The van der Waals surface area contributed by atoms with E-state index in [9.17, 15) is 9.18 Å². The van der Waals surface area contributed by atoms with E-state index >= 15 is 0 Å². The van der Waals surface area contributed by atoms with Gasteiger partial charge in [-0.15, -0.1) is 0 Å². The average Bonchev–Trinajstić information content (AvgIpc) is 2.38. The molecule has 2 amide bonds. The number of aryl methyl sites for hydroxylation is 1. The summed E-state index contributed by atoms with van der Waals surface area (Å²) in [4.78, 5) is 11.8. The summed E-state index contributed by atoms with van der Waals surface area (Å²) in [5, 5.41) is 14.1. The average molecular weight is 269 g/mol. The van der Waals surface area contributed by atoms with Crippen molar-refractivity contribution in [1.29, 1.82) is 5.26 Å². The summed E-state index contributed by atoms with van der Waals surface area (Å²) >= 11 is 0. The summed E-state index contributed by atoms with van der Waals surface area (Å²) in [5.74, 6) is -0.434. The molecule has 0 unspecified atom stereocenters. The van der Waals surface area contributed by atoms with Gasteiger partial charge in [0.15, 0.2) is 0 Å². The number of anilines is 2. The molecule has 5 heteroatoms. The molecule has 0 aliphatic rings. The molecule has 4 nitrogen and oxygen atoms in total. The zero-order valence-corrected chi connectivity index (χ0v) is 10.8. The Labute approximate surface area is 115 Å². The Kier molecular flexibility index (Phi) is 3.96. The first-order valence-corrected chi connectivity index (χ1v) is 5.93. The smallest absolute Gasteiger partial charge is 0.308 e. The lowest BCUT2D eigenvalue weighted by Crippen LogP contribution is -2.20. The van der Waals surface area contributed by atoms with Crippen LogP contribution >= 0.6 is 0 Å². The third-order valence-corrected chi connectivity index (χ3v) is 2.72. The van der Waals surface area contributed by atoms with Gasteiger partial charge in [-0.25, -0.2) is 9.18 Å². The lowest BCUT2D eigenvalue weighted by atomic mass is 10.1. The molecular weight excluding hydrogens is 257 g/mol. The van der Waals surface area contributed by atoms with Crippen LogP contribution in [0.5, 0.6) is 0 Å². The third-order valence-electron chi connectivity index (χ3n) is 2.72. The van der Waals surface area contributed by atoms with Crippen LogP contribution in [0.3, 0.4) is 0 Å². The van der Waals surface area contributed by atoms with Crippen molar-refractivity contribution in [3.8, 4) is 6.07 Å². The van der Waals surface area contributed by atoms with Crippen LogP contribution in [0.1, 0.15) is 11.1 Å². The van der Waals surface area contributed by atoms with E-state index in [0.717, 1.165) is 5.56 Å². The zero-order valence-electron chi connectivity index (χ0n) is 10.8. The minimum atomic E-state index is -0.530. The predicted molar refractivity (Wildman–Crippen MR) is 74.9 cm³/mol. The molecule has 100 valence electrons. The molecule has 2 rings (SSSR count). The van der Waals surface area contributed by atoms with Crippen LogP contribution in [0, 0.1) is 24.1 Å². The van der Waals surface area contributed by atoms with Gasteiger partial charge in [0.1, 0.15) is 11.9 Å². The van der Waals surface area contributed by atoms with E-state index in [1.807, 2.05) is 6.07 Å². The molecule has 0 aliphatic carbocycles. The summed E-state index contributed by atoms with van der Waals surface area (Å²) in [7, 11) is 0. The highest BCUT2D eigenvalue weighted by atomic mass is 19.1. The molecule has 2 aromatic rings. The zero-order chi connectivity index (χ0) is 14.5. The summed E-state index contributed by atoms with van der Waals surface area (Å²) < 4.78 is 13.0. The fraction of sp³-hybridized carbons (Fsp3) is 0.0667. The minimum Gasteiger partial charge on any atom is -0.308 e. The second-order valence-electron chi connectivity index (χ2n) is 4.20. The summed E-state index contributed by atoms with van der Waals surface area (Å²) in [5.41, 5.74) is 1.94. The molecule has 2 aromatic carbocycles. The van der Waals surface area contributed by atoms with Crippen LogP contribution in [-0.2, 0) is 0 Å². The molecule has 20 heavy (non-hydrogen) atoms. The quantitative estimate of drug-likeness (QED) is 0.874. The third kappa shape index (κ3) is 3.12. The highest BCUT2D eigenvalue weighted by Gasteiger charge is 2.08. The van der Waals surface area contributed by atoms with Crippen LogP contribution < -0.4 is 10.6 Å². The van der Waals surface area contributed by atoms with Crippen LogP contribution in [0.2, 0.25) is 0 Å². The first kappa shape index (κ1) is 13.6. The van der Waals surface area contributed by atoms with Gasteiger partial charge in [0.05, 0.1) is 11.3 Å². The largest absolute Gasteiger partial charge is 0.323 e. The molecule has 0 aliphatic heterocycles. The first-order valence-electron chi connectivity index (χ1n) is 5.93. The van der Waals surface area contributed by atoms with Gasteiger partial charge in [0.2, 0.25) is 0 Å². The molecule has 2 N–H and O–H groups in total. The number of nitriles is 1. The molecule has 0 atom stereocenters. The van der Waals surface area contributed by atoms with E-state index in [0.29, 0.717) is 16.9 Å². The molecular formula is C15H12FN3O. The summed E-state index contributed by atoms with van der Waals surface area (Å²) in [6, 6.07) is 12.2. The van der Waals surface area contributed by atoms with Crippen molar-refractivity contribution in [1.82, 2.24) is 0 Å². The number of halogens is 1. The van der Waals surface area contributed by atoms with Crippen molar-refractivity contribution in [2.24, 2.45) is 0 Å². The molecule has 0 bridgehead atoms. The summed E-state index contributed by atoms with van der Waals surface area (Å²) in [6.07, 6.45) is 0. The highest BCUT2D eigenvalue weighted by molar-refractivity contribution is 6.00. The van der Waals surface area contributed by atoms with E-state index in [1.54, 1.807) is 31.2 Å². The second kappa shape index (κ2) is 5.85. The number of hydrogen-bond acceptors (Lipinski definition) is 2. The van der Waals surface area contributed by atoms with E-state index in [2.05, 4.69) is 10.6 Å². The van der Waals surface area contributed by atoms with Crippen molar-refractivity contribution >= 4 is 17.4 Å². The van der Waals surface area contributed by atoms with Crippen molar-refractivity contribution in [2.75, 3.05) is 10.6 Å². The van der Waals surface area contributed by atoms with E-state index in [1.165, 1.54) is 18.2 Å². The fourth-order valence-electron chi connectivity index (χ4n) is 1.77. The number of amides is 2. The Morgan fingerprint density at radius 2 is 1.95 bits per heavy atom. The SMILES string of the molecule is Cc1cccc(NC(=O)Nc2cccc(F)c2)c1C#N. The number of benzene rings is 2. The first-order chi connectivity index (χ1) is 9.60. The van der Waals surface area contributed by atoms with Crippen molar-refractivity contribution in [3.63, 3.8) is 0 Å². The topological polar surface area (TPSA) is 64.9 Å². The Hall–Kier alpha value is -2.87. The number of nitrogens with one attached hydrogen (secondary N) is 2. The molecule has 0 spiro atoms. The predicted octanol–water partition coefficient (Wildman–Crippen LogP) is 3.65. The van der Waals surface area contributed by atoms with Gasteiger partial charge in [-0.3, -0.25) is 0 Å². The summed E-state index contributed by atoms with van der Waals surface area (Å²) in [6.45, 7) is 1.79. The van der Waals surface area contributed by atoms with Crippen molar-refractivity contribution < 1.29 is 9.18 Å². The number of carbonyl (C=O) groups is 1. The second-order valence-corrected chi connectivity index (χ2v) is 4.20. The molecule has 0 heterocycles. The molecule has 0 aromatic heterocycles. The Morgan fingerprint density at radius 1 is 1.20 bits per heavy atom. The van der Waals surface area contributed by atoms with Gasteiger partial charge in [-0.05, 0) is 36.8 Å². The van der Waals surface area contributed by atoms with Crippen LogP contribution in [0.15, 0.2) is 42.5 Å². The molecule has 0 saturated heterocycles. The monoisotopic (exact) mass is 269 g/mol. The molecule has 0 saturated carbocycles. The van der Waals surface area contributed by atoms with Gasteiger partial charge in [0.25, 0.3) is 0 Å². The number of carbonyl (C=O) groups excluding carboxylic acids is 1. The number of hydrogen-bond donors (Lipinski definition) is 2. The van der Waals surface area contributed by atoms with E-state index in [4.69, 9.17) is 5.26 Å². The van der Waals surface area contributed by atoms with E-state index < -0.39 is 11.8 Å². The Balaban J connectivity index is 2.13. The van der Waals surface area contributed by atoms with Gasteiger partial charge >= 0.3 is 6.03 Å². The lowest BCUT2D eigenvalue weighted by molar-refractivity contribution is 0.262.